The van der Waals surface area contributed by atoms with Crippen LogP contribution in [-0.4, -0.2) is 11.9 Å². The highest BCUT2D eigenvalue weighted by Gasteiger charge is 2.31. The summed E-state index contributed by atoms with van der Waals surface area (Å²) in [6.07, 6.45) is 2.14. The zero-order valence-electron chi connectivity index (χ0n) is 14.1. The van der Waals surface area contributed by atoms with Crippen LogP contribution in [0.1, 0.15) is 49.8 Å². The molecule has 126 valence electrons. The van der Waals surface area contributed by atoms with Crippen molar-refractivity contribution in [3.05, 3.63) is 65.5 Å². The second-order valence-corrected chi connectivity index (χ2v) is 6.61. The fourth-order valence-corrected chi connectivity index (χ4v) is 3.30. The van der Waals surface area contributed by atoms with Gasteiger partial charge in [-0.1, -0.05) is 24.3 Å². The lowest BCUT2D eigenvalue weighted by Crippen LogP contribution is -2.41. The first-order chi connectivity index (χ1) is 11.5. The summed E-state index contributed by atoms with van der Waals surface area (Å²) in [5.74, 6) is 0.273. The molecule has 2 N–H and O–H groups in total. The summed E-state index contributed by atoms with van der Waals surface area (Å²) in [4.78, 5) is 11.2. The highest BCUT2D eigenvalue weighted by Crippen LogP contribution is 2.38. The molecule has 0 saturated heterocycles. The summed E-state index contributed by atoms with van der Waals surface area (Å²) in [6.45, 7) is 3.65. The van der Waals surface area contributed by atoms with E-state index in [2.05, 4.69) is 23.6 Å². The highest BCUT2D eigenvalue weighted by atomic mass is 19.1. The van der Waals surface area contributed by atoms with Crippen molar-refractivity contribution < 1.29 is 9.18 Å². The molecule has 1 fully saturated rings. The molecule has 1 saturated carbocycles. The Morgan fingerprint density at radius 1 is 1.17 bits per heavy atom. The van der Waals surface area contributed by atoms with Gasteiger partial charge in [-0.2, -0.15) is 0 Å². The normalized spacial score (nSPS) is 21.0. The molecule has 0 aliphatic heterocycles. The Kier molecular flexibility index (Phi) is 4.95. The Balaban J connectivity index is 1.54. The first-order valence-electron chi connectivity index (χ1n) is 8.40. The molecule has 0 spiro atoms. The van der Waals surface area contributed by atoms with Crippen molar-refractivity contribution in [1.29, 1.82) is 0 Å². The summed E-state index contributed by atoms with van der Waals surface area (Å²) >= 11 is 0. The first kappa shape index (κ1) is 16.7. The molecule has 24 heavy (non-hydrogen) atoms. The van der Waals surface area contributed by atoms with E-state index in [9.17, 15) is 9.18 Å². The van der Waals surface area contributed by atoms with Crippen molar-refractivity contribution >= 4 is 11.6 Å². The standard InChI is InChI=1S/C20H23FN2O/c1-13(16-4-3-5-19(10-16)23-14(2)24)22-20-11-17(12-20)15-6-8-18(21)9-7-15/h3-10,13,17,20,22H,11-12H2,1-2H3,(H,23,24). The number of amides is 1. The van der Waals surface area contributed by atoms with E-state index < -0.39 is 0 Å². The van der Waals surface area contributed by atoms with Crippen molar-refractivity contribution in [3.8, 4) is 0 Å². The maximum Gasteiger partial charge on any atom is 0.221 e. The average molecular weight is 326 g/mol. The lowest BCUT2D eigenvalue weighted by Gasteiger charge is -2.38. The predicted molar refractivity (Wildman–Crippen MR) is 94.5 cm³/mol. The van der Waals surface area contributed by atoms with Crippen LogP contribution in [0.5, 0.6) is 0 Å². The van der Waals surface area contributed by atoms with Gasteiger partial charge in [-0.15, -0.1) is 0 Å². The maximum atomic E-state index is 13.0. The van der Waals surface area contributed by atoms with Crippen molar-refractivity contribution in [3.63, 3.8) is 0 Å². The molecular weight excluding hydrogens is 303 g/mol. The van der Waals surface area contributed by atoms with Crippen LogP contribution in [0.4, 0.5) is 10.1 Å². The molecule has 1 unspecified atom stereocenters. The fraction of sp³-hybridized carbons (Fsp3) is 0.350. The maximum absolute atomic E-state index is 13.0. The van der Waals surface area contributed by atoms with Gasteiger partial charge >= 0.3 is 0 Å². The summed E-state index contributed by atoms with van der Waals surface area (Å²) in [7, 11) is 0. The Morgan fingerprint density at radius 2 is 1.88 bits per heavy atom. The van der Waals surface area contributed by atoms with Crippen LogP contribution < -0.4 is 10.6 Å². The molecule has 0 aromatic heterocycles. The van der Waals surface area contributed by atoms with Gasteiger partial charge in [0, 0.05) is 24.7 Å². The monoisotopic (exact) mass is 326 g/mol. The Hall–Kier alpha value is -2.20. The van der Waals surface area contributed by atoms with E-state index in [-0.39, 0.29) is 17.8 Å². The highest BCUT2D eigenvalue weighted by molar-refractivity contribution is 5.88. The van der Waals surface area contributed by atoms with Crippen LogP contribution in [0.2, 0.25) is 0 Å². The van der Waals surface area contributed by atoms with E-state index in [0.717, 1.165) is 24.1 Å². The number of hydrogen-bond acceptors (Lipinski definition) is 2. The van der Waals surface area contributed by atoms with Gasteiger partial charge in [0.2, 0.25) is 5.91 Å². The van der Waals surface area contributed by atoms with Gasteiger partial charge in [0.1, 0.15) is 5.82 Å². The second-order valence-electron chi connectivity index (χ2n) is 6.61. The molecule has 0 radical (unpaired) electrons. The number of hydrogen-bond donors (Lipinski definition) is 2. The zero-order valence-corrected chi connectivity index (χ0v) is 14.1. The van der Waals surface area contributed by atoms with Crippen LogP contribution in [-0.2, 0) is 4.79 Å². The van der Waals surface area contributed by atoms with Crippen LogP contribution in [0.15, 0.2) is 48.5 Å². The molecular formula is C20H23FN2O. The molecule has 1 atom stereocenters. The molecule has 1 amide bonds. The van der Waals surface area contributed by atoms with Crippen LogP contribution in [0, 0.1) is 5.82 Å². The fourth-order valence-electron chi connectivity index (χ4n) is 3.30. The molecule has 4 heteroatoms. The third-order valence-corrected chi connectivity index (χ3v) is 4.67. The average Bonchev–Trinajstić information content (AvgIpc) is 2.51. The topological polar surface area (TPSA) is 41.1 Å². The zero-order chi connectivity index (χ0) is 17.1. The number of halogens is 1. The molecule has 1 aliphatic carbocycles. The van der Waals surface area contributed by atoms with E-state index in [1.54, 1.807) is 0 Å². The number of anilines is 1. The van der Waals surface area contributed by atoms with Crippen LogP contribution in [0.3, 0.4) is 0 Å². The summed E-state index contributed by atoms with van der Waals surface area (Å²) in [5, 5.41) is 6.45. The third-order valence-electron chi connectivity index (χ3n) is 4.67. The van der Waals surface area contributed by atoms with Crippen LogP contribution in [0.25, 0.3) is 0 Å². The first-order valence-corrected chi connectivity index (χ1v) is 8.40. The summed E-state index contributed by atoms with van der Waals surface area (Å²) < 4.78 is 13.0. The van der Waals surface area contributed by atoms with Gasteiger partial charge in [0.15, 0.2) is 0 Å². The Bertz CT molecular complexity index is 708. The Morgan fingerprint density at radius 3 is 2.54 bits per heavy atom. The third kappa shape index (κ3) is 4.01. The minimum Gasteiger partial charge on any atom is -0.326 e. The summed E-state index contributed by atoms with van der Waals surface area (Å²) in [5.41, 5.74) is 3.20. The molecule has 0 heterocycles. The van der Waals surface area contributed by atoms with E-state index in [1.165, 1.54) is 24.6 Å². The summed E-state index contributed by atoms with van der Waals surface area (Å²) in [6, 6.07) is 15.5. The number of carbonyl (C=O) groups is 1. The SMILES string of the molecule is CC(=O)Nc1cccc(C(C)NC2CC(c3ccc(F)cc3)C2)c1. The van der Waals surface area contributed by atoms with E-state index in [1.807, 2.05) is 30.3 Å². The largest absolute Gasteiger partial charge is 0.326 e. The van der Waals surface area contributed by atoms with Gasteiger partial charge in [-0.05, 0) is 61.1 Å². The molecule has 2 aromatic rings. The van der Waals surface area contributed by atoms with Gasteiger partial charge in [-0.3, -0.25) is 4.79 Å². The number of carbonyl (C=O) groups excluding carboxylic acids is 1. The quantitative estimate of drug-likeness (QED) is 0.856. The Labute approximate surface area is 142 Å². The molecule has 1 aliphatic rings. The molecule has 2 aromatic carbocycles. The van der Waals surface area contributed by atoms with Crippen LogP contribution >= 0.6 is 0 Å². The minimum absolute atomic E-state index is 0.0612. The van der Waals surface area contributed by atoms with E-state index in [0.29, 0.717) is 12.0 Å². The molecule has 3 nitrogen and oxygen atoms in total. The van der Waals surface area contributed by atoms with Crippen molar-refractivity contribution in [2.75, 3.05) is 5.32 Å². The van der Waals surface area contributed by atoms with Gasteiger partial charge in [-0.25, -0.2) is 4.39 Å². The molecule has 0 bridgehead atoms. The van der Waals surface area contributed by atoms with Crippen molar-refractivity contribution in [2.24, 2.45) is 0 Å². The molecule has 3 rings (SSSR count). The smallest absolute Gasteiger partial charge is 0.221 e. The minimum atomic E-state index is -0.180. The second kappa shape index (κ2) is 7.14. The van der Waals surface area contributed by atoms with E-state index in [4.69, 9.17) is 0 Å². The van der Waals surface area contributed by atoms with E-state index >= 15 is 0 Å². The van der Waals surface area contributed by atoms with Crippen molar-refractivity contribution in [1.82, 2.24) is 5.32 Å². The number of nitrogens with one attached hydrogen (secondary N) is 2. The van der Waals surface area contributed by atoms with Gasteiger partial charge in [0.25, 0.3) is 0 Å². The number of benzene rings is 2. The lowest BCUT2D eigenvalue weighted by molar-refractivity contribution is -0.114. The lowest BCUT2D eigenvalue weighted by atomic mass is 9.75. The number of rotatable bonds is 5. The predicted octanol–water partition coefficient (Wildman–Crippen LogP) is 4.38. The van der Waals surface area contributed by atoms with Crippen molar-refractivity contribution in [2.45, 2.75) is 44.7 Å². The van der Waals surface area contributed by atoms with Gasteiger partial charge < -0.3 is 10.6 Å². The van der Waals surface area contributed by atoms with Gasteiger partial charge in [0.05, 0.1) is 0 Å².